The van der Waals surface area contributed by atoms with Gasteiger partial charge in [-0.15, -0.1) is 0 Å². The summed E-state index contributed by atoms with van der Waals surface area (Å²) < 4.78 is 3.16. The second-order valence-electron chi connectivity index (χ2n) is 3.41. The van der Waals surface area contributed by atoms with Gasteiger partial charge in [0.2, 0.25) is 10.7 Å². The monoisotopic (exact) mass is 272 g/mol. The van der Waals surface area contributed by atoms with Crippen molar-refractivity contribution in [1.82, 2.24) is 0 Å². The second-order valence-corrected chi connectivity index (χ2v) is 5.54. The van der Waals surface area contributed by atoms with E-state index in [1.165, 1.54) is 0 Å². The Morgan fingerprint density at radius 2 is 2.00 bits per heavy atom. The van der Waals surface area contributed by atoms with Crippen LogP contribution in [0.5, 0.6) is 0 Å². The van der Waals surface area contributed by atoms with Crippen molar-refractivity contribution in [3.8, 4) is 0 Å². The quantitative estimate of drug-likeness (QED) is 0.441. The van der Waals surface area contributed by atoms with Crippen molar-refractivity contribution in [3.63, 3.8) is 0 Å². The van der Waals surface area contributed by atoms with E-state index in [9.17, 15) is 9.59 Å². The highest BCUT2D eigenvalue weighted by Gasteiger charge is 2.56. The first-order valence-corrected chi connectivity index (χ1v) is 5.77. The number of Topliss-reactive ketones (excluding diaryl/α,β-unsaturated/α-hetero) is 1. The predicted molar refractivity (Wildman–Crippen MR) is 58.5 cm³/mol. The van der Waals surface area contributed by atoms with Gasteiger partial charge in [0.15, 0.2) is 4.33 Å². The number of ketones is 1. The van der Waals surface area contributed by atoms with Crippen molar-refractivity contribution >= 4 is 46.6 Å². The maximum absolute atomic E-state index is 11.8. The minimum absolute atomic E-state index is 0.165. The maximum atomic E-state index is 11.8. The third-order valence-corrected chi connectivity index (χ3v) is 3.54. The van der Waals surface area contributed by atoms with Crippen LogP contribution < -0.4 is 0 Å². The molecule has 0 spiro atoms. The van der Waals surface area contributed by atoms with Crippen LogP contribution in [0, 0.1) is 0 Å². The van der Waals surface area contributed by atoms with E-state index in [-0.39, 0.29) is 13.0 Å². The van der Waals surface area contributed by atoms with E-state index in [1.807, 2.05) is 0 Å². The molecule has 1 aliphatic rings. The lowest BCUT2D eigenvalue weighted by Gasteiger charge is -2.34. The van der Waals surface area contributed by atoms with Crippen LogP contribution in [0.15, 0.2) is 0 Å². The van der Waals surface area contributed by atoms with Crippen molar-refractivity contribution in [3.05, 3.63) is 0 Å². The second kappa shape index (κ2) is 4.48. The number of alkyl halides is 3. The van der Waals surface area contributed by atoms with Crippen molar-refractivity contribution in [2.45, 2.75) is 35.4 Å². The minimum atomic E-state index is -1.71. The molecule has 1 aliphatic carbocycles. The topological polar surface area (TPSA) is 43.4 Å². The average molecular weight is 274 g/mol. The van der Waals surface area contributed by atoms with E-state index in [1.54, 1.807) is 6.92 Å². The standard InChI is InChI=1S/C9H11Cl3O3/c1-2-15-7(14)8(10)4-3-5-9(11,12)6(8)13/h2-5H2,1H3. The van der Waals surface area contributed by atoms with Crippen LogP contribution in [0.1, 0.15) is 26.2 Å². The number of esters is 1. The summed E-state index contributed by atoms with van der Waals surface area (Å²) in [5.74, 6) is -1.44. The molecule has 6 heteroatoms. The van der Waals surface area contributed by atoms with E-state index in [4.69, 9.17) is 39.5 Å². The van der Waals surface area contributed by atoms with Gasteiger partial charge in [0.25, 0.3) is 0 Å². The first kappa shape index (κ1) is 13.1. The third kappa shape index (κ3) is 2.40. The Hall–Kier alpha value is 0.01000. The lowest BCUT2D eigenvalue weighted by molar-refractivity contribution is -0.151. The number of rotatable bonds is 2. The molecule has 0 saturated heterocycles. The molecule has 0 aromatic carbocycles. The molecule has 1 saturated carbocycles. The number of hydrogen-bond acceptors (Lipinski definition) is 3. The van der Waals surface area contributed by atoms with Gasteiger partial charge in [-0.2, -0.15) is 0 Å². The molecule has 3 nitrogen and oxygen atoms in total. The zero-order chi connectivity index (χ0) is 11.7. The number of ether oxygens (including phenoxy) is 1. The summed E-state index contributed by atoms with van der Waals surface area (Å²) in [5, 5.41) is 0. The summed E-state index contributed by atoms with van der Waals surface area (Å²) in [6.45, 7) is 1.80. The molecule has 0 heterocycles. The van der Waals surface area contributed by atoms with E-state index in [0.717, 1.165) is 0 Å². The molecular weight excluding hydrogens is 262 g/mol. The van der Waals surface area contributed by atoms with Gasteiger partial charge in [0.05, 0.1) is 6.61 Å². The molecule has 1 rings (SSSR count). The number of carbonyl (C=O) groups excluding carboxylic acids is 2. The third-order valence-electron chi connectivity index (χ3n) is 2.30. The van der Waals surface area contributed by atoms with Crippen LogP contribution in [0.3, 0.4) is 0 Å². The van der Waals surface area contributed by atoms with Gasteiger partial charge in [0.1, 0.15) is 0 Å². The lowest BCUT2D eigenvalue weighted by atomic mass is 9.86. The molecule has 0 amide bonds. The SMILES string of the molecule is CCOC(=O)C1(Cl)CCCC(Cl)(Cl)C1=O. The summed E-state index contributed by atoms with van der Waals surface area (Å²) in [6, 6.07) is 0. The van der Waals surface area contributed by atoms with Gasteiger partial charge in [-0.05, 0) is 26.2 Å². The molecule has 0 aromatic rings. The van der Waals surface area contributed by atoms with E-state index in [0.29, 0.717) is 12.8 Å². The fraction of sp³-hybridized carbons (Fsp3) is 0.778. The van der Waals surface area contributed by atoms with Crippen molar-refractivity contribution < 1.29 is 14.3 Å². The van der Waals surface area contributed by atoms with Crippen molar-refractivity contribution in [2.24, 2.45) is 0 Å². The largest absolute Gasteiger partial charge is 0.464 e. The first-order valence-electron chi connectivity index (χ1n) is 4.63. The molecule has 0 N–H and O–H groups in total. The molecule has 1 fully saturated rings. The molecule has 0 bridgehead atoms. The Morgan fingerprint density at radius 3 is 2.53 bits per heavy atom. The Morgan fingerprint density at radius 1 is 1.40 bits per heavy atom. The fourth-order valence-electron chi connectivity index (χ4n) is 1.51. The Bertz CT molecular complexity index is 290. The number of hydrogen-bond donors (Lipinski definition) is 0. The average Bonchev–Trinajstić information content (AvgIpc) is 2.14. The van der Waals surface area contributed by atoms with Gasteiger partial charge in [-0.3, -0.25) is 4.79 Å². The Kier molecular flexibility index (Phi) is 3.90. The summed E-state index contributed by atoms with van der Waals surface area (Å²) >= 11 is 17.5. The van der Waals surface area contributed by atoms with Crippen LogP contribution in [-0.2, 0) is 14.3 Å². The smallest absolute Gasteiger partial charge is 0.335 e. The fourth-order valence-corrected chi connectivity index (χ4v) is 2.55. The molecule has 0 aromatic heterocycles. The van der Waals surface area contributed by atoms with Crippen molar-refractivity contribution in [2.75, 3.05) is 6.61 Å². The maximum Gasteiger partial charge on any atom is 0.335 e. The highest BCUT2D eigenvalue weighted by atomic mass is 35.5. The number of halogens is 3. The predicted octanol–water partition coefficient (Wildman–Crippen LogP) is 2.45. The summed E-state index contributed by atoms with van der Waals surface area (Å²) in [5.41, 5.74) is 0. The van der Waals surface area contributed by atoms with Gasteiger partial charge < -0.3 is 4.74 Å². The molecule has 0 radical (unpaired) electrons. The van der Waals surface area contributed by atoms with Crippen LogP contribution in [0.25, 0.3) is 0 Å². The normalized spacial score (nSPS) is 30.0. The van der Waals surface area contributed by atoms with Gasteiger partial charge in [0, 0.05) is 0 Å². The van der Waals surface area contributed by atoms with E-state index >= 15 is 0 Å². The first-order chi connectivity index (χ1) is 6.84. The van der Waals surface area contributed by atoms with Gasteiger partial charge >= 0.3 is 5.97 Å². The molecule has 0 aliphatic heterocycles. The van der Waals surface area contributed by atoms with Crippen LogP contribution >= 0.6 is 34.8 Å². The molecule has 15 heavy (non-hydrogen) atoms. The van der Waals surface area contributed by atoms with Crippen LogP contribution in [-0.4, -0.2) is 27.6 Å². The van der Waals surface area contributed by atoms with Crippen molar-refractivity contribution in [1.29, 1.82) is 0 Å². The highest BCUT2D eigenvalue weighted by Crippen LogP contribution is 2.43. The zero-order valence-corrected chi connectivity index (χ0v) is 10.5. The van der Waals surface area contributed by atoms with Gasteiger partial charge in [-0.25, -0.2) is 4.79 Å². The Labute approximate surface area is 103 Å². The highest BCUT2D eigenvalue weighted by molar-refractivity contribution is 6.64. The Balaban J connectivity index is 2.92. The number of carbonyl (C=O) groups is 2. The van der Waals surface area contributed by atoms with E-state index < -0.39 is 21.0 Å². The van der Waals surface area contributed by atoms with E-state index in [2.05, 4.69) is 0 Å². The van der Waals surface area contributed by atoms with Crippen LogP contribution in [0.2, 0.25) is 0 Å². The summed E-state index contributed by atoms with van der Waals surface area (Å²) in [6.07, 6.45) is 1.04. The molecular formula is C9H11Cl3O3. The molecule has 1 atom stereocenters. The van der Waals surface area contributed by atoms with Gasteiger partial charge in [-0.1, -0.05) is 34.8 Å². The summed E-state index contributed by atoms with van der Waals surface area (Å²) in [7, 11) is 0. The lowest BCUT2D eigenvalue weighted by Crippen LogP contribution is -2.53. The summed E-state index contributed by atoms with van der Waals surface area (Å²) in [4.78, 5) is 21.6. The molecule has 86 valence electrons. The minimum Gasteiger partial charge on any atom is -0.464 e. The zero-order valence-electron chi connectivity index (χ0n) is 8.19. The van der Waals surface area contributed by atoms with Crippen LogP contribution in [0.4, 0.5) is 0 Å². The molecule has 1 unspecified atom stereocenters.